The van der Waals surface area contributed by atoms with Crippen LogP contribution in [0.15, 0.2) is 35.3 Å². The Kier molecular flexibility index (Phi) is 10.9. The van der Waals surface area contributed by atoms with Gasteiger partial charge >= 0.3 is 0 Å². The Morgan fingerprint density at radius 3 is 2.45 bits per heavy atom. The van der Waals surface area contributed by atoms with Gasteiger partial charge in [0.25, 0.3) is 0 Å². The van der Waals surface area contributed by atoms with Crippen molar-refractivity contribution in [2.75, 3.05) is 39.3 Å². The second kappa shape index (κ2) is 13.7. The minimum Gasteiger partial charge on any atom is -0.492 e. The van der Waals surface area contributed by atoms with Crippen molar-refractivity contribution in [3.05, 3.63) is 47.3 Å². The van der Waals surface area contributed by atoms with Crippen molar-refractivity contribution in [2.24, 2.45) is 4.99 Å². The first-order valence-electron chi connectivity index (χ1n) is 11.5. The van der Waals surface area contributed by atoms with Gasteiger partial charge in [0.05, 0.1) is 12.2 Å². The maximum Gasteiger partial charge on any atom is 0.191 e. The molecule has 2 aromatic rings. The van der Waals surface area contributed by atoms with Gasteiger partial charge in [-0.3, -0.25) is 4.68 Å². The molecular weight excluding hydrogens is 388 g/mol. The quantitative estimate of drug-likeness (QED) is 0.291. The van der Waals surface area contributed by atoms with Gasteiger partial charge < -0.3 is 20.3 Å². The summed E-state index contributed by atoms with van der Waals surface area (Å²) >= 11 is 0. The second-order valence-corrected chi connectivity index (χ2v) is 7.65. The molecule has 1 aromatic carbocycles. The molecular formula is C24H40N6O. The zero-order chi connectivity index (χ0) is 22.5. The van der Waals surface area contributed by atoms with Crippen LogP contribution in [0.25, 0.3) is 0 Å². The highest BCUT2D eigenvalue weighted by atomic mass is 16.5. The summed E-state index contributed by atoms with van der Waals surface area (Å²) in [6, 6.07) is 10.3. The van der Waals surface area contributed by atoms with Crippen LogP contribution in [0.1, 0.15) is 44.1 Å². The molecule has 7 nitrogen and oxygen atoms in total. The molecule has 0 radical (unpaired) electrons. The molecule has 2 rings (SSSR count). The Morgan fingerprint density at radius 1 is 1.10 bits per heavy atom. The van der Waals surface area contributed by atoms with Gasteiger partial charge in [0, 0.05) is 31.9 Å². The lowest BCUT2D eigenvalue weighted by molar-refractivity contribution is 0.223. The number of rotatable bonds is 13. The van der Waals surface area contributed by atoms with Crippen molar-refractivity contribution >= 4 is 5.96 Å². The summed E-state index contributed by atoms with van der Waals surface area (Å²) in [5.41, 5.74) is 3.44. The van der Waals surface area contributed by atoms with Crippen LogP contribution >= 0.6 is 0 Å². The zero-order valence-electron chi connectivity index (χ0n) is 19.9. The number of guanidine groups is 1. The molecule has 31 heavy (non-hydrogen) atoms. The van der Waals surface area contributed by atoms with E-state index < -0.39 is 0 Å². The van der Waals surface area contributed by atoms with E-state index in [2.05, 4.69) is 71.2 Å². The van der Waals surface area contributed by atoms with Gasteiger partial charge in [-0.2, -0.15) is 5.10 Å². The fraction of sp³-hybridized carbons (Fsp3) is 0.583. The van der Waals surface area contributed by atoms with Crippen LogP contribution in [0.5, 0.6) is 5.75 Å². The Morgan fingerprint density at radius 2 is 1.84 bits per heavy atom. The molecule has 0 aliphatic rings. The highest BCUT2D eigenvalue weighted by molar-refractivity contribution is 5.79. The van der Waals surface area contributed by atoms with E-state index in [4.69, 9.17) is 9.73 Å². The lowest BCUT2D eigenvalue weighted by Gasteiger charge is -2.18. The molecule has 7 heteroatoms. The maximum atomic E-state index is 5.86. The third kappa shape index (κ3) is 9.00. The summed E-state index contributed by atoms with van der Waals surface area (Å²) in [6.45, 7) is 17.6. The highest BCUT2D eigenvalue weighted by Gasteiger charge is 2.03. The SMILES string of the molecule is CCNC(=NCc1ccc(OCCN(CC)CC)cc1)NCCCn1nc(C)cc1C. The van der Waals surface area contributed by atoms with Gasteiger partial charge in [0.2, 0.25) is 0 Å². The molecule has 0 fully saturated rings. The number of aliphatic imine (C=N–C) groups is 1. The van der Waals surface area contributed by atoms with Crippen molar-refractivity contribution in [3.63, 3.8) is 0 Å². The molecule has 0 bridgehead atoms. The van der Waals surface area contributed by atoms with Crippen molar-refractivity contribution in [2.45, 2.75) is 54.1 Å². The number of benzene rings is 1. The molecule has 0 saturated carbocycles. The van der Waals surface area contributed by atoms with E-state index in [-0.39, 0.29) is 0 Å². The molecule has 2 N–H and O–H groups in total. The van der Waals surface area contributed by atoms with Crippen molar-refractivity contribution < 1.29 is 4.74 Å². The van der Waals surface area contributed by atoms with E-state index in [0.29, 0.717) is 13.2 Å². The number of aryl methyl sites for hydroxylation is 3. The molecule has 0 aliphatic carbocycles. The molecule has 0 amide bonds. The fourth-order valence-corrected chi connectivity index (χ4v) is 3.37. The summed E-state index contributed by atoms with van der Waals surface area (Å²) in [5.74, 6) is 1.75. The molecule has 1 aromatic heterocycles. The smallest absolute Gasteiger partial charge is 0.191 e. The first-order valence-corrected chi connectivity index (χ1v) is 11.5. The molecule has 0 atom stereocenters. The van der Waals surface area contributed by atoms with Crippen molar-refractivity contribution in [1.29, 1.82) is 0 Å². The van der Waals surface area contributed by atoms with E-state index >= 15 is 0 Å². The van der Waals surface area contributed by atoms with E-state index in [1.807, 2.05) is 19.1 Å². The lowest BCUT2D eigenvalue weighted by Crippen LogP contribution is -2.38. The zero-order valence-corrected chi connectivity index (χ0v) is 19.9. The summed E-state index contributed by atoms with van der Waals surface area (Å²) in [7, 11) is 0. The first-order chi connectivity index (χ1) is 15.0. The van der Waals surface area contributed by atoms with Crippen LogP contribution in [-0.2, 0) is 13.1 Å². The average Bonchev–Trinajstić information content (AvgIpc) is 3.10. The normalized spacial score (nSPS) is 11.7. The Balaban J connectivity index is 1.76. The first kappa shape index (κ1) is 24.7. The van der Waals surface area contributed by atoms with E-state index in [9.17, 15) is 0 Å². The summed E-state index contributed by atoms with van der Waals surface area (Å²) < 4.78 is 7.92. The molecule has 0 unspecified atom stereocenters. The molecule has 0 saturated heterocycles. The van der Waals surface area contributed by atoms with Gasteiger partial charge in [0.15, 0.2) is 5.96 Å². The fourth-order valence-electron chi connectivity index (χ4n) is 3.37. The number of hydrogen-bond acceptors (Lipinski definition) is 4. The number of hydrogen-bond donors (Lipinski definition) is 2. The molecule has 0 spiro atoms. The Bertz CT molecular complexity index is 780. The van der Waals surface area contributed by atoms with E-state index in [1.165, 1.54) is 5.69 Å². The molecule has 0 aliphatic heterocycles. The van der Waals surface area contributed by atoms with E-state index in [1.54, 1.807) is 0 Å². The predicted octanol–water partition coefficient (Wildman–Crippen LogP) is 3.37. The van der Waals surface area contributed by atoms with E-state index in [0.717, 1.165) is 68.7 Å². The molecule has 172 valence electrons. The second-order valence-electron chi connectivity index (χ2n) is 7.65. The van der Waals surface area contributed by atoms with Crippen molar-refractivity contribution in [1.82, 2.24) is 25.3 Å². The van der Waals surface area contributed by atoms with Crippen LogP contribution in [0, 0.1) is 13.8 Å². The van der Waals surface area contributed by atoms with Crippen LogP contribution < -0.4 is 15.4 Å². The minimum atomic E-state index is 0.631. The average molecular weight is 429 g/mol. The van der Waals surface area contributed by atoms with Crippen LogP contribution in [0.4, 0.5) is 0 Å². The molecule has 1 heterocycles. The summed E-state index contributed by atoms with van der Waals surface area (Å²) in [5, 5.41) is 11.2. The van der Waals surface area contributed by atoms with Crippen molar-refractivity contribution in [3.8, 4) is 5.75 Å². The Labute approximate surface area is 187 Å². The monoisotopic (exact) mass is 428 g/mol. The van der Waals surface area contributed by atoms with Gasteiger partial charge in [-0.15, -0.1) is 0 Å². The summed E-state index contributed by atoms with van der Waals surface area (Å²) in [6.07, 6.45) is 0.992. The van der Waals surface area contributed by atoms with Crippen LogP contribution in [0.2, 0.25) is 0 Å². The number of likely N-dealkylation sites (N-methyl/N-ethyl adjacent to an activating group) is 1. The number of ether oxygens (including phenoxy) is 1. The Hall–Kier alpha value is -2.54. The van der Waals surface area contributed by atoms with Gasteiger partial charge in [-0.05, 0) is 64.0 Å². The van der Waals surface area contributed by atoms with Gasteiger partial charge in [0.1, 0.15) is 12.4 Å². The standard InChI is InChI=1S/C24H40N6O/c1-6-25-24(26-14-9-15-30-21(5)18-20(4)28-30)27-19-22-10-12-23(13-11-22)31-17-16-29(7-2)8-3/h10-13,18H,6-9,14-17,19H2,1-5H3,(H2,25,26,27). The largest absolute Gasteiger partial charge is 0.492 e. The lowest BCUT2D eigenvalue weighted by atomic mass is 10.2. The highest BCUT2D eigenvalue weighted by Crippen LogP contribution is 2.13. The third-order valence-corrected chi connectivity index (χ3v) is 5.20. The predicted molar refractivity (Wildman–Crippen MR) is 129 cm³/mol. The topological polar surface area (TPSA) is 66.7 Å². The number of nitrogens with one attached hydrogen (secondary N) is 2. The number of aromatic nitrogens is 2. The number of nitrogens with zero attached hydrogens (tertiary/aromatic N) is 4. The minimum absolute atomic E-state index is 0.631. The van der Waals surface area contributed by atoms with Crippen LogP contribution in [-0.4, -0.2) is 60.0 Å². The van der Waals surface area contributed by atoms with Gasteiger partial charge in [-0.25, -0.2) is 4.99 Å². The summed E-state index contributed by atoms with van der Waals surface area (Å²) in [4.78, 5) is 7.07. The third-order valence-electron chi connectivity index (χ3n) is 5.20. The maximum absolute atomic E-state index is 5.86. The van der Waals surface area contributed by atoms with Crippen LogP contribution in [0.3, 0.4) is 0 Å². The van der Waals surface area contributed by atoms with Gasteiger partial charge in [-0.1, -0.05) is 26.0 Å².